The summed E-state index contributed by atoms with van der Waals surface area (Å²) in [6.45, 7) is 10.1. The summed E-state index contributed by atoms with van der Waals surface area (Å²) in [5.74, 6) is -1.29. The zero-order chi connectivity index (χ0) is 26.7. The first kappa shape index (κ1) is 26.1. The molecule has 0 saturated carbocycles. The molecule has 0 unspecified atom stereocenters. The van der Waals surface area contributed by atoms with Gasteiger partial charge < -0.3 is 10.1 Å². The Bertz CT molecular complexity index is 1380. The molecule has 37 heavy (non-hydrogen) atoms. The van der Waals surface area contributed by atoms with Crippen LogP contribution in [0.5, 0.6) is 0 Å². The maximum Gasteiger partial charge on any atom is 0.339 e. The summed E-state index contributed by atoms with van der Waals surface area (Å²) in [6, 6.07) is 15.3. The summed E-state index contributed by atoms with van der Waals surface area (Å²) < 4.78 is 5.53. The van der Waals surface area contributed by atoms with Crippen LogP contribution in [0.3, 0.4) is 0 Å². The van der Waals surface area contributed by atoms with Gasteiger partial charge in [0.05, 0.1) is 16.8 Å². The number of carbonyl (C=O) groups is 3. The van der Waals surface area contributed by atoms with Crippen molar-refractivity contribution in [3.63, 3.8) is 0 Å². The number of nitrogens with one attached hydrogen (secondary N) is 2. The van der Waals surface area contributed by atoms with Gasteiger partial charge in [0.15, 0.2) is 6.10 Å². The Morgan fingerprint density at radius 1 is 1.05 bits per heavy atom. The number of urea groups is 1. The van der Waals surface area contributed by atoms with Crippen LogP contribution in [0.15, 0.2) is 48.5 Å². The van der Waals surface area contributed by atoms with Crippen molar-refractivity contribution in [3.05, 3.63) is 76.5 Å². The molecule has 2 N–H and O–H groups in total. The first-order valence-electron chi connectivity index (χ1n) is 12.6. The fraction of sp³-hybridized carbons (Fsp3) is 0.333. The number of hydrogen-bond donors (Lipinski definition) is 2. The monoisotopic (exact) mass is 499 g/mol. The summed E-state index contributed by atoms with van der Waals surface area (Å²) in [7, 11) is 0. The van der Waals surface area contributed by atoms with E-state index >= 15 is 0 Å². The number of para-hydroxylation sites is 1. The van der Waals surface area contributed by atoms with Gasteiger partial charge in [0, 0.05) is 11.9 Å². The maximum absolute atomic E-state index is 13.4. The lowest BCUT2D eigenvalue weighted by Crippen LogP contribution is -2.44. The average Bonchev–Trinajstić information content (AvgIpc) is 3.24. The largest absolute Gasteiger partial charge is 0.449 e. The van der Waals surface area contributed by atoms with Crippen molar-refractivity contribution >= 4 is 40.5 Å². The molecule has 1 atom stereocenters. The van der Waals surface area contributed by atoms with Crippen molar-refractivity contribution in [1.29, 1.82) is 0 Å². The van der Waals surface area contributed by atoms with E-state index in [9.17, 15) is 14.4 Å². The zero-order valence-electron chi connectivity index (χ0n) is 22.0. The van der Waals surface area contributed by atoms with Gasteiger partial charge in [-0.1, -0.05) is 63.2 Å². The highest BCUT2D eigenvalue weighted by Gasteiger charge is 2.29. The van der Waals surface area contributed by atoms with Crippen LogP contribution in [0.4, 0.5) is 4.79 Å². The van der Waals surface area contributed by atoms with Crippen molar-refractivity contribution < 1.29 is 19.1 Å². The Kier molecular flexibility index (Phi) is 7.43. The summed E-state index contributed by atoms with van der Waals surface area (Å²) in [5.41, 5.74) is 6.18. The molecule has 1 aromatic heterocycles. The molecule has 0 bridgehead atoms. The van der Waals surface area contributed by atoms with Crippen LogP contribution in [-0.2, 0) is 21.4 Å². The molecule has 0 spiro atoms. The predicted octanol–water partition coefficient (Wildman–Crippen LogP) is 5.41. The zero-order valence-corrected chi connectivity index (χ0v) is 22.0. The van der Waals surface area contributed by atoms with E-state index in [-0.39, 0.29) is 5.41 Å². The number of amides is 3. The summed E-state index contributed by atoms with van der Waals surface area (Å²) in [6.07, 6.45) is 2.36. The van der Waals surface area contributed by atoms with Crippen molar-refractivity contribution in [2.75, 3.05) is 6.54 Å². The van der Waals surface area contributed by atoms with Gasteiger partial charge in [-0.2, -0.15) is 0 Å². The molecule has 7 heteroatoms. The van der Waals surface area contributed by atoms with Crippen LogP contribution in [0.25, 0.3) is 22.6 Å². The Morgan fingerprint density at radius 3 is 2.43 bits per heavy atom. The Morgan fingerprint density at radius 2 is 1.76 bits per heavy atom. The number of carbonyl (C=O) groups excluding carboxylic acids is 3. The lowest BCUT2D eigenvalue weighted by atomic mass is 9.86. The Balaban J connectivity index is 1.67. The fourth-order valence-corrected chi connectivity index (χ4v) is 4.48. The molecule has 1 aliphatic carbocycles. The third-order valence-corrected chi connectivity index (χ3v) is 6.49. The van der Waals surface area contributed by atoms with Gasteiger partial charge in [-0.05, 0) is 66.5 Å². The van der Waals surface area contributed by atoms with E-state index in [1.165, 1.54) is 12.5 Å². The Labute approximate surface area is 217 Å². The summed E-state index contributed by atoms with van der Waals surface area (Å²) in [5, 5.41) is 5.35. The van der Waals surface area contributed by atoms with Crippen LogP contribution in [0.1, 0.15) is 73.8 Å². The number of aromatic nitrogens is 1. The van der Waals surface area contributed by atoms with Gasteiger partial charge in [-0.25, -0.2) is 14.6 Å². The summed E-state index contributed by atoms with van der Waals surface area (Å²) in [4.78, 5) is 42.4. The first-order chi connectivity index (χ1) is 17.6. The molecule has 192 valence electrons. The van der Waals surface area contributed by atoms with E-state index in [1.807, 2.05) is 24.3 Å². The lowest BCUT2D eigenvalue weighted by molar-refractivity contribution is -0.127. The van der Waals surface area contributed by atoms with Gasteiger partial charge >= 0.3 is 12.0 Å². The molecule has 4 rings (SSSR count). The van der Waals surface area contributed by atoms with Crippen molar-refractivity contribution in [1.82, 2.24) is 15.6 Å². The van der Waals surface area contributed by atoms with Gasteiger partial charge in [-0.15, -0.1) is 0 Å². The van der Waals surface area contributed by atoms with E-state index in [1.54, 1.807) is 6.92 Å². The second-order valence-corrected chi connectivity index (χ2v) is 10.3. The number of benzene rings is 2. The number of pyridine rings is 1. The van der Waals surface area contributed by atoms with Crippen LogP contribution in [0.2, 0.25) is 0 Å². The van der Waals surface area contributed by atoms with Gasteiger partial charge in [0.25, 0.3) is 5.91 Å². The van der Waals surface area contributed by atoms with E-state index in [0.717, 1.165) is 28.8 Å². The quantitative estimate of drug-likeness (QED) is 0.458. The van der Waals surface area contributed by atoms with E-state index in [0.29, 0.717) is 29.4 Å². The number of imide groups is 1. The second-order valence-electron chi connectivity index (χ2n) is 10.3. The number of allylic oxidation sites excluding steroid dienone is 1. The highest BCUT2D eigenvalue weighted by atomic mass is 16.5. The van der Waals surface area contributed by atoms with Crippen LogP contribution < -0.4 is 10.6 Å². The van der Waals surface area contributed by atoms with Crippen LogP contribution in [-0.4, -0.2) is 35.5 Å². The van der Waals surface area contributed by atoms with E-state index < -0.39 is 24.0 Å². The smallest absolute Gasteiger partial charge is 0.339 e. The highest BCUT2D eigenvalue weighted by Crippen LogP contribution is 2.38. The number of rotatable bonds is 5. The Hall–Kier alpha value is -4.00. The molecule has 3 aromatic rings. The number of nitrogens with zero attached hydrogens (tertiary/aromatic N) is 1. The number of ether oxygens (including phenoxy) is 1. The van der Waals surface area contributed by atoms with Crippen molar-refractivity contribution in [3.8, 4) is 0 Å². The molecule has 1 heterocycles. The maximum atomic E-state index is 13.4. The molecule has 0 fully saturated rings. The predicted molar refractivity (Wildman–Crippen MR) is 145 cm³/mol. The van der Waals surface area contributed by atoms with Gasteiger partial charge in [0.2, 0.25) is 0 Å². The first-order valence-corrected chi connectivity index (χ1v) is 12.6. The highest BCUT2D eigenvalue weighted by molar-refractivity contribution is 6.08. The average molecular weight is 500 g/mol. The number of esters is 1. The molecular formula is C30H33N3O4. The lowest BCUT2D eigenvalue weighted by Gasteiger charge is -2.18. The molecule has 7 nitrogen and oxygen atoms in total. The topological polar surface area (TPSA) is 97.4 Å². The second kappa shape index (κ2) is 10.5. The molecule has 3 amide bonds. The minimum atomic E-state index is -1.14. The minimum Gasteiger partial charge on any atom is -0.449 e. The van der Waals surface area contributed by atoms with Crippen LogP contribution in [0, 0.1) is 0 Å². The molecule has 0 saturated heterocycles. The summed E-state index contributed by atoms with van der Waals surface area (Å²) >= 11 is 0. The normalized spacial score (nSPS) is 14.8. The standard InChI is InChI=1S/C30H33N3O4/c1-6-31-29(36)33-27(34)18(2)37-28(35)25-22-9-7-8-10-24(22)32-26-20(13-16-23(25)26)17-19-11-14-21(15-12-19)30(3,4)5/h7-12,14-15,17-18H,6,13,16H2,1-5H3,(H2,31,33,34,36)/b20-17+/t18-/m0/s1. The third-order valence-electron chi connectivity index (χ3n) is 6.49. The number of fused-ring (bicyclic) bond motifs is 2. The van der Waals surface area contributed by atoms with Gasteiger partial charge in [-0.3, -0.25) is 10.1 Å². The van der Waals surface area contributed by atoms with Crippen molar-refractivity contribution in [2.45, 2.75) is 59.0 Å². The van der Waals surface area contributed by atoms with Crippen LogP contribution >= 0.6 is 0 Å². The molecule has 1 aliphatic rings. The van der Waals surface area contributed by atoms with E-state index in [2.05, 4.69) is 61.7 Å². The van der Waals surface area contributed by atoms with Gasteiger partial charge in [0.1, 0.15) is 0 Å². The minimum absolute atomic E-state index is 0.0786. The van der Waals surface area contributed by atoms with Crippen molar-refractivity contribution in [2.24, 2.45) is 0 Å². The SMILES string of the molecule is CCNC(=O)NC(=O)[C@H](C)OC(=O)c1c2c(nc3ccccc13)/C(=C/c1ccc(C(C)(C)C)cc1)CC2. The molecule has 0 radical (unpaired) electrons. The molecular weight excluding hydrogens is 466 g/mol. The molecule has 2 aromatic carbocycles. The van der Waals surface area contributed by atoms with E-state index in [4.69, 9.17) is 9.72 Å². The third kappa shape index (κ3) is 5.71. The fourth-order valence-electron chi connectivity index (χ4n) is 4.48. The molecule has 0 aliphatic heterocycles. The number of hydrogen-bond acceptors (Lipinski definition) is 5.